The Bertz CT molecular complexity index is 1170. The van der Waals surface area contributed by atoms with Gasteiger partial charge in [-0.05, 0) is 62.3 Å². The molecule has 2 aliphatic rings. The van der Waals surface area contributed by atoms with Gasteiger partial charge in [0.2, 0.25) is 10.0 Å². The number of aryl methyl sites for hydroxylation is 3. The SMILES string of the molecule is Cc1ccc(C)c(S(=O)(=O)N2CC[NH+](CC(=O)Nc3sc4c(c3C#N)CCCC4)CC2)c1. The number of piperazine rings is 1. The predicted octanol–water partition coefficient (Wildman–Crippen LogP) is 1.64. The topological polar surface area (TPSA) is 94.7 Å². The Morgan fingerprint density at radius 1 is 1.22 bits per heavy atom. The van der Waals surface area contributed by atoms with Crippen LogP contribution < -0.4 is 10.2 Å². The molecule has 9 heteroatoms. The van der Waals surface area contributed by atoms with Gasteiger partial charge in [-0.25, -0.2) is 8.42 Å². The van der Waals surface area contributed by atoms with Gasteiger partial charge in [-0.3, -0.25) is 4.79 Å². The van der Waals surface area contributed by atoms with Crippen LogP contribution in [0.4, 0.5) is 5.00 Å². The van der Waals surface area contributed by atoms with Crippen LogP contribution in [0.25, 0.3) is 0 Å². The van der Waals surface area contributed by atoms with E-state index in [0.29, 0.717) is 41.6 Å². The van der Waals surface area contributed by atoms with E-state index in [9.17, 15) is 18.5 Å². The van der Waals surface area contributed by atoms with Gasteiger partial charge < -0.3 is 10.2 Å². The normalized spacial score (nSPS) is 17.5. The summed E-state index contributed by atoms with van der Waals surface area (Å²) in [6.45, 7) is 5.89. The second-order valence-corrected chi connectivity index (χ2v) is 11.7. The zero-order valence-electron chi connectivity index (χ0n) is 18.5. The summed E-state index contributed by atoms with van der Waals surface area (Å²) in [5.41, 5.74) is 3.40. The summed E-state index contributed by atoms with van der Waals surface area (Å²) in [5.74, 6) is -0.124. The van der Waals surface area contributed by atoms with Gasteiger partial charge in [-0.15, -0.1) is 11.3 Å². The molecule has 0 saturated carbocycles. The Morgan fingerprint density at radius 3 is 2.66 bits per heavy atom. The lowest BCUT2D eigenvalue weighted by molar-refractivity contribution is -0.895. The van der Waals surface area contributed by atoms with E-state index in [2.05, 4.69) is 11.4 Å². The molecule has 0 radical (unpaired) electrons. The fourth-order valence-corrected chi connectivity index (χ4v) is 7.52. The van der Waals surface area contributed by atoms with Gasteiger partial charge in [0.1, 0.15) is 11.1 Å². The van der Waals surface area contributed by atoms with Gasteiger partial charge in [0, 0.05) is 4.88 Å². The van der Waals surface area contributed by atoms with E-state index < -0.39 is 10.0 Å². The minimum Gasteiger partial charge on any atom is -0.325 e. The van der Waals surface area contributed by atoms with Crippen molar-refractivity contribution in [1.29, 1.82) is 5.26 Å². The van der Waals surface area contributed by atoms with Crippen molar-refractivity contribution in [2.75, 3.05) is 38.0 Å². The van der Waals surface area contributed by atoms with E-state index >= 15 is 0 Å². The van der Waals surface area contributed by atoms with E-state index in [0.717, 1.165) is 47.3 Å². The van der Waals surface area contributed by atoms with Crippen LogP contribution in [0.2, 0.25) is 0 Å². The molecule has 1 aliphatic heterocycles. The number of benzene rings is 1. The number of rotatable bonds is 5. The Morgan fingerprint density at radius 2 is 1.94 bits per heavy atom. The Hall–Kier alpha value is -2.25. The number of fused-ring (bicyclic) bond motifs is 1. The summed E-state index contributed by atoms with van der Waals surface area (Å²) >= 11 is 1.53. The van der Waals surface area contributed by atoms with Crippen LogP contribution in [0.15, 0.2) is 23.1 Å². The molecular formula is C23H29N4O3S2+. The number of amides is 1. The molecule has 1 aromatic heterocycles. The van der Waals surface area contributed by atoms with Gasteiger partial charge in [-0.1, -0.05) is 12.1 Å². The third kappa shape index (κ3) is 4.59. The summed E-state index contributed by atoms with van der Waals surface area (Å²) in [7, 11) is -3.54. The molecule has 1 aliphatic carbocycles. The molecule has 0 spiro atoms. The zero-order chi connectivity index (χ0) is 22.9. The first-order valence-corrected chi connectivity index (χ1v) is 13.3. The molecule has 0 atom stereocenters. The summed E-state index contributed by atoms with van der Waals surface area (Å²) in [5, 5.41) is 13.2. The van der Waals surface area contributed by atoms with E-state index in [1.165, 1.54) is 20.5 Å². The number of sulfonamides is 1. The molecule has 1 amide bonds. The maximum absolute atomic E-state index is 13.1. The minimum absolute atomic E-state index is 0.124. The molecule has 1 fully saturated rings. The highest BCUT2D eigenvalue weighted by atomic mass is 32.2. The second-order valence-electron chi connectivity index (χ2n) is 8.67. The average molecular weight is 474 g/mol. The molecule has 0 bridgehead atoms. The third-order valence-corrected chi connectivity index (χ3v) is 9.59. The van der Waals surface area contributed by atoms with Crippen LogP contribution in [0, 0.1) is 25.2 Å². The number of carbonyl (C=O) groups is 1. The smallest absolute Gasteiger partial charge is 0.280 e. The van der Waals surface area contributed by atoms with Gasteiger partial charge in [-0.2, -0.15) is 9.57 Å². The second kappa shape index (κ2) is 9.32. The number of hydrogen-bond acceptors (Lipinski definition) is 5. The van der Waals surface area contributed by atoms with E-state index in [1.54, 1.807) is 6.07 Å². The molecule has 4 rings (SSSR count). The molecule has 0 unspecified atom stereocenters. The zero-order valence-corrected chi connectivity index (χ0v) is 20.2. The number of nitriles is 1. The number of nitrogens with zero attached hydrogens (tertiary/aromatic N) is 2. The van der Waals surface area contributed by atoms with Gasteiger partial charge >= 0.3 is 0 Å². The quantitative estimate of drug-likeness (QED) is 0.690. The van der Waals surface area contributed by atoms with Gasteiger partial charge in [0.25, 0.3) is 5.91 Å². The first kappa shape index (κ1) is 22.9. The van der Waals surface area contributed by atoms with E-state index in [-0.39, 0.29) is 12.5 Å². The predicted molar refractivity (Wildman–Crippen MR) is 125 cm³/mol. The van der Waals surface area contributed by atoms with Crippen LogP contribution in [-0.4, -0.2) is 51.4 Å². The van der Waals surface area contributed by atoms with Crippen molar-refractivity contribution in [2.45, 2.75) is 44.4 Å². The summed E-state index contributed by atoms with van der Waals surface area (Å²) in [6.07, 6.45) is 4.11. The van der Waals surface area contributed by atoms with Crippen molar-refractivity contribution in [1.82, 2.24) is 4.31 Å². The summed E-state index contributed by atoms with van der Waals surface area (Å²) in [6, 6.07) is 7.75. The minimum atomic E-state index is -3.54. The first-order chi connectivity index (χ1) is 15.3. The maximum atomic E-state index is 13.1. The lowest BCUT2D eigenvalue weighted by Crippen LogP contribution is -3.15. The molecule has 2 aromatic rings. The van der Waals surface area contributed by atoms with Crippen molar-refractivity contribution < 1.29 is 18.1 Å². The average Bonchev–Trinajstić information content (AvgIpc) is 3.12. The highest BCUT2D eigenvalue weighted by molar-refractivity contribution is 7.89. The van der Waals surface area contributed by atoms with Crippen molar-refractivity contribution >= 4 is 32.3 Å². The van der Waals surface area contributed by atoms with Crippen molar-refractivity contribution in [2.24, 2.45) is 0 Å². The Kier molecular flexibility index (Phi) is 6.67. The molecule has 2 heterocycles. The highest BCUT2D eigenvalue weighted by Crippen LogP contribution is 2.37. The molecule has 2 N–H and O–H groups in total. The van der Waals surface area contributed by atoms with Gasteiger partial charge in [0.05, 0.1) is 36.6 Å². The highest BCUT2D eigenvalue weighted by Gasteiger charge is 2.32. The van der Waals surface area contributed by atoms with Crippen molar-refractivity contribution in [3.05, 3.63) is 45.3 Å². The molecule has 1 aromatic carbocycles. The van der Waals surface area contributed by atoms with Gasteiger partial charge in [0.15, 0.2) is 6.54 Å². The Labute approximate surface area is 193 Å². The number of hydrogen-bond donors (Lipinski definition) is 2. The molecule has 1 saturated heterocycles. The third-order valence-electron chi connectivity index (χ3n) is 6.34. The first-order valence-electron chi connectivity index (χ1n) is 11.0. The summed E-state index contributed by atoms with van der Waals surface area (Å²) < 4.78 is 27.7. The fourth-order valence-electron chi connectivity index (χ4n) is 4.51. The van der Waals surface area contributed by atoms with Crippen molar-refractivity contribution in [3.8, 4) is 6.07 Å². The lowest BCUT2D eigenvalue weighted by atomic mass is 9.96. The number of anilines is 1. The number of carbonyl (C=O) groups excluding carboxylic acids is 1. The van der Waals surface area contributed by atoms with Crippen LogP contribution in [0.1, 0.15) is 40.0 Å². The summed E-state index contributed by atoms with van der Waals surface area (Å²) in [4.78, 5) is 15.3. The molecule has 7 nitrogen and oxygen atoms in total. The maximum Gasteiger partial charge on any atom is 0.280 e. The molecule has 32 heavy (non-hydrogen) atoms. The fraction of sp³-hybridized carbons (Fsp3) is 0.478. The monoisotopic (exact) mass is 473 g/mol. The Balaban J connectivity index is 1.36. The lowest BCUT2D eigenvalue weighted by Gasteiger charge is -2.31. The van der Waals surface area contributed by atoms with Crippen molar-refractivity contribution in [3.63, 3.8) is 0 Å². The number of nitrogens with one attached hydrogen (secondary N) is 2. The van der Waals surface area contributed by atoms with Crippen LogP contribution in [0.5, 0.6) is 0 Å². The number of quaternary nitrogens is 1. The standard InChI is InChI=1S/C23H28N4O3S2/c1-16-7-8-17(2)21(13-16)32(29,30)27-11-9-26(10-12-27)15-22(28)25-23-19(14-24)18-5-3-4-6-20(18)31-23/h7-8,13H,3-6,9-12,15H2,1-2H3,(H,25,28)/p+1. The number of thiophene rings is 1. The van der Waals surface area contributed by atoms with Crippen LogP contribution >= 0.6 is 11.3 Å². The molecule has 170 valence electrons. The largest absolute Gasteiger partial charge is 0.325 e. The van der Waals surface area contributed by atoms with E-state index in [4.69, 9.17) is 0 Å². The van der Waals surface area contributed by atoms with Crippen LogP contribution in [0.3, 0.4) is 0 Å². The van der Waals surface area contributed by atoms with E-state index in [1.807, 2.05) is 26.0 Å². The van der Waals surface area contributed by atoms with Crippen LogP contribution in [-0.2, 0) is 27.7 Å². The molecular weight excluding hydrogens is 444 g/mol.